The van der Waals surface area contributed by atoms with Crippen molar-refractivity contribution < 1.29 is 13.2 Å². The van der Waals surface area contributed by atoms with Gasteiger partial charge in [-0.05, 0) is 56.5 Å². The van der Waals surface area contributed by atoms with Crippen LogP contribution in [0.3, 0.4) is 0 Å². The first-order chi connectivity index (χ1) is 16.9. The Bertz CT molecular complexity index is 1190. The first-order valence-electron chi connectivity index (χ1n) is 11.7. The van der Waals surface area contributed by atoms with Gasteiger partial charge in [0.25, 0.3) is 0 Å². The van der Waals surface area contributed by atoms with Crippen molar-refractivity contribution >= 4 is 12.0 Å². The Morgan fingerprint density at radius 1 is 1.11 bits per heavy atom. The lowest BCUT2D eigenvalue weighted by Crippen LogP contribution is -2.28. The zero-order valence-corrected chi connectivity index (χ0v) is 19.4. The summed E-state index contributed by atoms with van der Waals surface area (Å²) >= 11 is 0. The molecule has 1 saturated heterocycles. The van der Waals surface area contributed by atoms with Gasteiger partial charge in [-0.3, -0.25) is 0 Å². The van der Waals surface area contributed by atoms with Gasteiger partial charge in [-0.25, -0.2) is 23.1 Å². The van der Waals surface area contributed by atoms with Gasteiger partial charge >= 0.3 is 0 Å². The van der Waals surface area contributed by atoms with E-state index in [1.54, 1.807) is 22.8 Å². The van der Waals surface area contributed by atoms with Crippen molar-refractivity contribution in [2.45, 2.75) is 32.4 Å². The minimum Gasteiger partial charge on any atom is -0.383 e. The van der Waals surface area contributed by atoms with Gasteiger partial charge in [0.15, 0.2) is 0 Å². The number of aliphatic imine (C=N–C) groups is 1. The van der Waals surface area contributed by atoms with Crippen LogP contribution in [0.2, 0.25) is 0 Å². The van der Waals surface area contributed by atoms with Crippen molar-refractivity contribution in [1.82, 2.24) is 20.2 Å². The second-order valence-electron chi connectivity index (χ2n) is 8.59. The van der Waals surface area contributed by atoms with E-state index >= 15 is 0 Å². The maximum absolute atomic E-state index is 14.6. The molecule has 0 saturated carbocycles. The number of hydrogen-bond donors (Lipinski definition) is 3. The molecule has 0 unspecified atom stereocenters. The molecule has 4 N–H and O–H groups in total. The van der Waals surface area contributed by atoms with E-state index in [4.69, 9.17) is 5.73 Å². The number of benzene rings is 2. The third-order valence-electron chi connectivity index (χ3n) is 6.22. The zero-order valence-electron chi connectivity index (χ0n) is 19.4. The number of rotatable bonds is 9. The predicted molar refractivity (Wildman–Crippen MR) is 132 cm³/mol. The third-order valence-corrected chi connectivity index (χ3v) is 6.22. The highest BCUT2D eigenvalue weighted by molar-refractivity contribution is 5.86. The van der Waals surface area contributed by atoms with Gasteiger partial charge in [-0.15, -0.1) is 0 Å². The molecule has 2 aromatic carbocycles. The fourth-order valence-electron chi connectivity index (χ4n) is 4.21. The van der Waals surface area contributed by atoms with E-state index in [1.165, 1.54) is 30.5 Å². The van der Waals surface area contributed by atoms with Crippen molar-refractivity contribution in [3.63, 3.8) is 0 Å². The summed E-state index contributed by atoms with van der Waals surface area (Å²) in [7, 11) is 0. The van der Waals surface area contributed by atoms with Crippen molar-refractivity contribution in [2.24, 2.45) is 10.9 Å². The molecule has 0 atom stereocenters. The molecule has 0 spiro atoms. The van der Waals surface area contributed by atoms with E-state index in [0.29, 0.717) is 18.0 Å². The van der Waals surface area contributed by atoms with Gasteiger partial charge in [0.2, 0.25) is 0 Å². The Kier molecular flexibility index (Phi) is 7.87. The van der Waals surface area contributed by atoms with E-state index in [2.05, 4.69) is 27.2 Å². The van der Waals surface area contributed by atoms with Crippen LogP contribution in [0.1, 0.15) is 30.5 Å². The van der Waals surface area contributed by atoms with Gasteiger partial charge < -0.3 is 20.9 Å². The molecular weight excluding hydrogens is 453 g/mol. The summed E-state index contributed by atoms with van der Waals surface area (Å²) in [6.07, 6.45) is 4.30. The summed E-state index contributed by atoms with van der Waals surface area (Å²) in [5.74, 6) is -0.591. The van der Waals surface area contributed by atoms with E-state index in [9.17, 15) is 13.2 Å². The van der Waals surface area contributed by atoms with Gasteiger partial charge in [0, 0.05) is 18.7 Å². The second kappa shape index (κ2) is 11.2. The van der Waals surface area contributed by atoms with Crippen molar-refractivity contribution in [2.75, 3.05) is 18.8 Å². The van der Waals surface area contributed by atoms with Crippen molar-refractivity contribution in [1.29, 1.82) is 0 Å². The largest absolute Gasteiger partial charge is 0.383 e. The lowest BCUT2D eigenvalue weighted by atomic mass is 9.94. The molecule has 2 heterocycles. The normalized spacial score (nSPS) is 14.5. The SMILES string of the molecule is C=C(N=Cc1nc(-c2c(F)cccc2F)n(CCC2CCNCC2)c1N)NCc1ccccc1F. The molecule has 1 aromatic heterocycles. The predicted octanol–water partition coefficient (Wildman–Crippen LogP) is 4.62. The lowest BCUT2D eigenvalue weighted by molar-refractivity contribution is 0.339. The molecule has 3 aromatic rings. The molecule has 35 heavy (non-hydrogen) atoms. The number of anilines is 1. The van der Waals surface area contributed by atoms with Crippen LogP contribution in [0.25, 0.3) is 11.4 Å². The maximum Gasteiger partial charge on any atom is 0.148 e. The molecular formula is C26H29F3N6. The summed E-state index contributed by atoms with van der Waals surface area (Å²) in [5.41, 5.74) is 6.91. The molecule has 1 fully saturated rings. The quantitative estimate of drug-likeness (QED) is 0.389. The zero-order chi connectivity index (χ0) is 24.8. The van der Waals surface area contributed by atoms with Crippen LogP contribution in [0.4, 0.5) is 19.0 Å². The van der Waals surface area contributed by atoms with Crippen LogP contribution in [0, 0.1) is 23.4 Å². The Labute approximate surface area is 202 Å². The average Bonchev–Trinajstić information content (AvgIpc) is 3.16. The van der Waals surface area contributed by atoms with Crippen LogP contribution in [0.5, 0.6) is 0 Å². The summed E-state index contributed by atoms with van der Waals surface area (Å²) in [4.78, 5) is 8.68. The summed E-state index contributed by atoms with van der Waals surface area (Å²) in [6.45, 7) is 6.42. The van der Waals surface area contributed by atoms with E-state index < -0.39 is 11.6 Å². The van der Waals surface area contributed by atoms with Crippen LogP contribution < -0.4 is 16.4 Å². The van der Waals surface area contributed by atoms with E-state index in [0.717, 1.165) is 32.4 Å². The topological polar surface area (TPSA) is 80.3 Å². The monoisotopic (exact) mass is 482 g/mol. The fourth-order valence-corrected chi connectivity index (χ4v) is 4.21. The maximum atomic E-state index is 14.6. The van der Waals surface area contributed by atoms with E-state index in [1.807, 2.05) is 0 Å². The van der Waals surface area contributed by atoms with Crippen LogP contribution >= 0.6 is 0 Å². The molecule has 9 heteroatoms. The van der Waals surface area contributed by atoms with Gasteiger partial charge in [-0.1, -0.05) is 30.8 Å². The van der Waals surface area contributed by atoms with Crippen LogP contribution in [0.15, 0.2) is 59.9 Å². The highest BCUT2D eigenvalue weighted by atomic mass is 19.1. The number of nitrogens with zero attached hydrogens (tertiary/aromatic N) is 3. The Hall–Kier alpha value is -3.59. The summed E-state index contributed by atoms with van der Waals surface area (Å²) < 4.78 is 44.7. The molecule has 0 amide bonds. The number of piperidine rings is 1. The Morgan fingerprint density at radius 2 is 1.80 bits per heavy atom. The Morgan fingerprint density at radius 3 is 2.51 bits per heavy atom. The Balaban J connectivity index is 1.56. The molecule has 0 aliphatic carbocycles. The van der Waals surface area contributed by atoms with Gasteiger partial charge in [0.1, 0.15) is 40.6 Å². The van der Waals surface area contributed by atoms with E-state index in [-0.39, 0.29) is 41.1 Å². The molecule has 4 rings (SSSR count). The minimum absolute atomic E-state index is 0.124. The number of nitrogen functional groups attached to an aromatic ring is 1. The summed E-state index contributed by atoms with van der Waals surface area (Å²) in [5, 5.41) is 6.27. The van der Waals surface area contributed by atoms with Crippen molar-refractivity contribution in [3.05, 3.63) is 83.6 Å². The third kappa shape index (κ3) is 5.92. The average molecular weight is 483 g/mol. The standard InChI is InChI=1S/C26H29F3N6/c1-17(32-15-19-5-2-3-6-20(19)27)33-16-23-25(30)35(14-11-18-9-12-31-13-10-18)26(34-23)24-21(28)7-4-8-22(24)29/h2-8,16,18,31-32H,1,9-15,30H2. The van der Waals surface area contributed by atoms with Gasteiger partial charge in [-0.2, -0.15) is 0 Å². The number of hydrogen-bond acceptors (Lipinski definition) is 5. The second-order valence-corrected chi connectivity index (χ2v) is 8.59. The fraction of sp³-hybridized carbons (Fsp3) is 0.308. The molecule has 184 valence electrons. The molecule has 0 bridgehead atoms. The van der Waals surface area contributed by atoms with Crippen molar-refractivity contribution in [3.8, 4) is 11.4 Å². The molecule has 0 radical (unpaired) electrons. The highest BCUT2D eigenvalue weighted by Gasteiger charge is 2.22. The first kappa shape index (κ1) is 24.5. The van der Waals surface area contributed by atoms with Gasteiger partial charge in [0.05, 0.1) is 11.8 Å². The highest BCUT2D eigenvalue weighted by Crippen LogP contribution is 2.30. The number of aromatic nitrogens is 2. The van der Waals surface area contributed by atoms with Crippen LogP contribution in [-0.2, 0) is 13.1 Å². The number of halogens is 3. The smallest absolute Gasteiger partial charge is 0.148 e. The number of nitrogens with one attached hydrogen (secondary N) is 2. The molecule has 6 nitrogen and oxygen atoms in total. The molecule has 1 aliphatic heterocycles. The minimum atomic E-state index is -0.711. The summed E-state index contributed by atoms with van der Waals surface area (Å²) in [6, 6.07) is 10.1. The molecule has 1 aliphatic rings. The number of imidazole rings is 1. The van der Waals surface area contributed by atoms with Crippen LogP contribution in [-0.4, -0.2) is 28.9 Å². The number of nitrogens with two attached hydrogens (primary N) is 1. The first-order valence-corrected chi connectivity index (χ1v) is 11.7. The lowest BCUT2D eigenvalue weighted by Gasteiger charge is -2.23.